The normalized spacial score (nSPS) is 11.1. The quantitative estimate of drug-likeness (QED) is 0.732. The van der Waals surface area contributed by atoms with Gasteiger partial charge in [-0.3, -0.25) is 0 Å². The summed E-state index contributed by atoms with van der Waals surface area (Å²) in [6.07, 6.45) is 0.916. The summed E-state index contributed by atoms with van der Waals surface area (Å²) < 4.78 is 0. The number of aromatic nitrogens is 3. The summed E-state index contributed by atoms with van der Waals surface area (Å²) in [6, 6.07) is 12.2. The zero-order valence-corrected chi connectivity index (χ0v) is 12.2. The van der Waals surface area contributed by atoms with Crippen molar-refractivity contribution in [1.82, 2.24) is 20.5 Å². The molecule has 0 atom stereocenters. The van der Waals surface area contributed by atoms with Crippen molar-refractivity contribution in [3.63, 3.8) is 0 Å². The first-order valence-electron chi connectivity index (χ1n) is 6.76. The van der Waals surface area contributed by atoms with Gasteiger partial charge in [-0.1, -0.05) is 42.5 Å². The Bertz CT molecular complexity index is 708. The van der Waals surface area contributed by atoms with Crippen molar-refractivity contribution in [3.05, 3.63) is 41.4 Å². The molecule has 0 unspecified atom stereocenters. The van der Waals surface area contributed by atoms with Crippen LogP contribution in [-0.4, -0.2) is 28.3 Å². The first-order valence-corrected chi connectivity index (χ1v) is 7.57. The molecule has 0 amide bonds. The summed E-state index contributed by atoms with van der Waals surface area (Å²) in [6.45, 7) is 4.03. The maximum Gasteiger partial charge on any atom is 0.166 e. The topological polar surface area (TPSA) is 50.7 Å². The van der Waals surface area contributed by atoms with Gasteiger partial charge in [-0.25, -0.2) is 4.98 Å². The number of hydrogen-bond donors (Lipinski definition) is 1. The molecule has 0 aliphatic rings. The van der Waals surface area contributed by atoms with Gasteiger partial charge in [0.25, 0.3) is 0 Å². The van der Waals surface area contributed by atoms with E-state index in [-0.39, 0.29) is 0 Å². The van der Waals surface area contributed by atoms with Crippen LogP contribution < -0.4 is 5.32 Å². The molecule has 102 valence electrons. The van der Waals surface area contributed by atoms with E-state index in [1.807, 2.05) is 24.3 Å². The number of para-hydroxylation sites is 1. The summed E-state index contributed by atoms with van der Waals surface area (Å²) in [4.78, 5) is 4.65. The lowest BCUT2D eigenvalue weighted by Crippen LogP contribution is -2.15. The van der Waals surface area contributed by atoms with Crippen molar-refractivity contribution >= 4 is 22.2 Å². The third-order valence-electron chi connectivity index (χ3n) is 3.05. The molecular weight excluding hydrogens is 268 g/mol. The van der Waals surface area contributed by atoms with Crippen molar-refractivity contribution in [2.24, 2.45) is 0 Å². The van der Waals surface area contributed by atoms with Crippen LogP contribution >= 0.6 is 11.3 Å². The molecule has 1 aromatic carbocycles. The molecule has 0 bridgehead atoms. The fraction of sp³-hybridized carbons (Fsp3) is 0.267. The molecule has 20 heavy (non-hydrogen) atoms. The van der Waals surface area contributed by atoms with Crippen molar-refractivity contribution in [2.75, 3.05) is 13.1 Å². The highest BCUT2D eigenvalue weighted by Gasteiger charge is 2.08. The Labute approximate surface area is 121 Å². The summed E-state index contributed by atoms with van der Waals surface area (Å²) in [5, 5.41) is 14.9. The number of likely N-dealkylation sites (N-methyl/N-ethyl adjacent to an activating group) is 1. The predicted molar refractivity (Wildman–Crippen MR) is 82.9 cm³/mol. The maximum atomic E-state index is 4.65. The number of benzene rings is 1. The van der Waals surface area contributed by atoms with Crippen LogP contribution in [0.3, 0.4) is 0 Å². The van der Waals surface area contributed by atoms with E-state index >= 15 is 0 Å². The van der Waals surface area contributed by atoms with Gasteiger partial charge in [-0.2, -0.15) is 0 Å². The van der Waals surface area contributed by atoms with Crippen molar-refractivity contribution in [1.29, 1.82) is 0 Å². The fourth-order valence-corrected chi connectivity index (χ4v) is 2.82. The third-order valence-corrected chi connectivity index (χ3v) is 4.06. The number of hydrogen-bond acceptors (Lipinski definition) is 5. The third kappa shape index (κ3) is 2.84. The number of pyridine rings is 1. The van der Waals surface area contributed by atoms with E-state index in [4.69, 9.17) is 0 Å². The van der Waals surface area contributed by atoms with Crippen LogP contribution in [0.4, 0.5) is 0 Å². The van der Waals surface area contributed by atoms with Gasteiger partial charge < -0.3 is 5.32 Å². The summed E-state index contributed by atoms with van der Waals surface area (Å²) in [5.41, 5.74) is 1.89. The number of fused-ring (bicyclic) bond motifs is 1. The van der Waals surface area contributed by atoms with Crippen LogP contribution in [0.15, 0.2) is 36.4 Å². The molecule has 4 nitrogen and oxygen atoms in total. The van der Waals surface area contributed by atoms with Gasteiger partial charge in [-0.05, 0) is 18.7 Å². The van der Waals surface area contributed by atoms with Crippen LogP contribution in [0, 0.1) is 0 Å². The molecular formula is C15H16N4S. The Balaban J connectivity index is 1.83. The Kier molecular flexibility index (Phi) is 3.99. The SMILES string of the molecule is CCNCCc1nnc(-c2ccc3ccccc3n2)s1. The maximum absolute atomic E-state index is 4.65. The minimum absolute atomic E-state index is 0.891. The number of nitrogens with one attached hydrogen (secondary N) is 1. The molecule has 3 aromatic rings. The molecule has 0 aliphatic carbocycles. The van der Waals surface area contributed by atoms with Crippen molar-refractivity contribution in [2.45, 2.75) is 13.3 Å². The van der Waals surface area contributed by atoms with Gasteiger partial charge in [0.05, 0.1) is 5.52 Å². The molecule has 0 saturated carbocycles. The Morgan fingerprint density at radius 1 is 1.10 bits per heavy atom. The Hall–Kier alpha value is -1.85. The lowest BCUT2D eigenvalue weighted by atomic mass is 10.2. The van der Waals surface area contributed by atoms with Crippen molar-refractivity contribution in [3.8, 4) is 10.7 Å². The number of nitrogens with zero attached hydrogens (tertiary/aromatic N) is 3. The smallest absolute Gasteiger partial charge is 0.166 e. The lowest BCUT2D eigenvalue weighted by Gasteiger charge is -1.99. The van der Waals surface area contributed by atoms with E-state index in [0.29, 0.717) is 0 Å². The van der Waals surface area contributed by atoms with Gasteiger partial charge >= 0.3 is 0 Å². The van der Waals surface area contributed by atoms with Crippen LogP contribution in [0.25, 0.3) is 21.6 Å². The molecule has 2 aromatic heterocycles. The van der Waals surface area contributed by atoms with Crippen LogP contribution in [0.1, 0.15) is 11.9 Å². The summed E-state index contributed by atoms with van der Waals surface area (Å²) in [5.74, 6) is 0. The molecule has 2 heterocycles. The highest BCUT2D eigenvalue weighted by atomic mass is 32.1. The van der Waals surface area contributed by atoms with Crippen LogP contribution in [0.5, 0.6) is 0 Å². The monoisotopic (exact) mass is 284 g/mol. The minimum atomic E-state index is 0.891. The molecule has 1 N–H and O–H groups in total. The van der Waals surface area contributed by atoms with E-state index in [1.54, 1.807) is 11.3 Å². The van der Waals surface area contributed by atoms with E-state index in [0.717, 1.165) is 46.1 Å². The van der Waals surface area contributed by atoms with Gasteiger partial charge in [0.2, 0.25) is 0 Å². The average molecular weight is 284 g/mol. The lowest BCUT2D eigenvalue weighted by molar-refractivity contribution is 0.710. The minimum Gasteiger partial charge on any atom is -0.317 e. The first kappa shape index (κ1) is 13.1. The number of rotatable bonds is 5. The van der Waals surface area contributed by atoms with Crippen molar-refractivity contribution < 1.29 is 0 Å². The summed E-state index contributed by atoms with van der Waals surface area (Å²) in [7, 11) is 0. The van der Waals surface area contributed by atoms with E-state index in [9.17, 15) is 0 Å². The molecule has 0 fully saturated rings. The second kappa shape index (κ2) is 6.07. The second-order valence-corrected chi connectivity index (χ2v) is 5.56. The molecule has 0 radical (unpaired) electrons. The molecule has 5 heteroatoms. The standard InChI is InChI=1S/C15H16N4S/c1-2-16-10-9-14-18-19-15(20-14)13-8-7-11-5-3-4-6-12(11)17-13/h3-8,16H,2,9-10H2,1H3. The highest BCUT2D eigenvalue weighted by molar-refractivity contribution is 7.14. The molecule has 0 saturated heterocycles. The van der Waals surface area contributed by atoms with E-state index in [1.165, 1.54) is 0 Å². The average Bonchev–Trinajstić information content (AvgIpc) is 2.96. The largest absolute Gasteiger partial charge is 0.317 e. The first-order chi connectivity index (χ1) is 9.86. The molecule has 0 aliphatic heterocycles. The summed E-state index contributed by atoms with van der Waals surface area (Å²) >= 11 is 1.62. The highest BCUT2D eigenvalue weighted by Crippen LogP contribution is 2.24. The van der Waals surface area contributed by atoms with Crippen LogP contribution in [-0.2, 0) is 6.42 Å². The van der Waals surface area contributed by atoms with E-state index in [2.05, 4.69) is 39.6 Å². The second-order valence-electron chi connectivity index (χ2n) is 4.49. The van der Waals surface area contributed by atoms with Gasteiger partial charge in [0.15, 0.2) is 5.01 Å². The molecule has 3 rings (SSSR count). The van der Waals surface area contributed by atoms with Gasteiger partial charge in [0.1, 0.15) is 10.7 Å². The predicted octanol–water partition coefficient (Wildman–Crippen LogP) is 2.91. The van der Waals surface area contributed by atoms with Gasteiger partial charge in [-0.15, -0.1) is 10.2 Å². The fourth-order valence-electron chi connectivity index (χ4n) is 2.02. The zero-order valence-electron chi connectivity index (χ0n) is 11.3. The van der Waals surface area contributed by atoms with Gasteiger partial charge in [0, 0.05) is 18.4 Å². The Morgan fingerprint density at radius 2 is 2.00 bits per heavy atom. The van der Waals surface area contributed by atoms with E-state index < -0.39 is 0 Å². The zero-order chi connectivity index (χ0) is 13.8. The molecule has 0 spiro atoms. The van der Waals surface area contributed by atoms with Crippen LogP contribution in [0.2, 0.25) is 0 Å². The Morgan fingerprint density at radius 3 is 2.90 bits per heavy atom.